The molecule has 0 amide bonds. The SMILES string of the molecule is COC(=O)CC(CC(N)O)c1cc(Cl)ccc1[N+](=O)[O-]. The van der Waals surface area contributed by atoms with Crippen molar-refractivity contribution in [2.45, 2.75) is 25.0 Å². The van der Waals surface area contributed by atoms with Gasteiger partial charge in [-0.2, -0.15) is 0 Å². The van der Waals surface area contributed by atoms with Crippen LogP contribution >= 0.6 is 11.6 Å². The van der Waals surface area contributed by atoms with Gasteiger partial charge in [-0.05, 0) is 18.6 Å². The monoisotopic (exact) mass is 302 g/mol. The van der Waals surface area contributed by atoms with Gasteiger partial charge in [0.15, 0.2) is 0 Å². The molecule has 1 aromatic carbocycles. The van der Waals surface area contributed by atoms with Gasteiger partial charge in [0, 0.05) is 22.6 Å². The van der Waals surface area contributed by atoms with Crippen LogP contribution in [0.2, 0.25) is 5.02 Å². The van der Waals surface area contributed by atoms with Crippen LogP contribution in [0.1, 0.15) is 24.3 Å². The number of nitro benzene ring substituents is 1. The lowest BCUT2D eigenvalue weighted by molar-refractivity contribution is -0.385. The van der Waals surface area contributed by atoms with Crippen molar-refractivity contribution in [2.75, 3.05) is 7.11 Å². The fourth-order valence-corrected chi connectivity index (χ4v) is 2.10. The number of nitrogens with two attached hydrogens (primary N) is 1. The number of benzene rings is 1. The zero-order valence-electron chi connectivity index (χ0n) is 10.8. The number of halogens is 1. The fourth-order valence-electron chi connectivity index (χ4n) is 1.91. The van der Waals surface area contributed by atoms with E-state index in [1.54, 1.807) is 0 Å². The van der Waals surface area contributed by atoms with Gasteiger partial charge < -0.3 is 15.6 Å². The Balaban J connectivity index is 3.20. The molecule has 2 atom stereocenters. The molecular weight excluding hydrogens is 288 g/mol. The maximum Gasteiger partial charge on any atom is 0.306 e. The summed E-state index contributed by atoms with van der Waals surface area (Å²) in [5, 5.41) is 20.6. The van der Waals surface area contributed by atoms with Gasteiger partial charge in [0.2, 0.25) is 0 Å². The number of esters is 1. The van der Waals surface area contributed by atoms with Crippen molar-refractivity contribution < 1.29 is 19.6 Å². The minimum absolute atomic E-state index is 0.0176. The summed E-state index contributed by atoms with van der Waals surface area (Å²) in [5.41, 5.74) is 5.38. The highest BCUT2D eigenvalue weighted by atomic mass is 35.5. The summed E-state index contributed by atoms with van der Waals surface area (Å²) in [6.07, 6.45) is -1.36. The van der Waals surface area contributed by atoms with Crippen molar-refractivity contribution in [3.8, 4) is 0 Å². The van der Waals surface area contributed by atoms with Crippen LogP contribution in [0.4, 0.5) is 5.69 Å². The Kier molecular flexibility index (Phi) is 5.87. The molecule has 3 N–H and O–H groups in total. The quantitative estimate of drug-likeness (QED) is 0.356. The molecule has 1 aromatic rings. The van der Waals surface area contributed by atoms with E-state index in [1.807, 2.05) is 0 Å². The predicted molar refractivity (Wildman–Crippen MR) is 72.3 cm³/mol. The van der Waals surface area contributed by atoms with Crippen LogP contribution in [-0.2, 0) is 9.53 Å². The summed E-state index contributed by atoms with van der Waals surface area (Å²) < 4.78 is 4.55. The fraction of sp³-hybridized carbons (Fsp3) is 0.417. The van der Waals surface area contributed by atoms with Crippen molar-refractivity contribution in [3.05, 3.63) is 38.9 Å². The molecule has 0 fully saturated rings. The molecule has 0 heterocycles. The van der Waals surface area contributed by atoms with E-state index in [2.05, 4.69) is 4.74 Å². The smallest absolute Gasteiger partial charge is 0.306 e. The molecule has 0 spiro atoms. The second kappa shape index (κ2) is 7.18. The minimum Gasteiger partial charge on any atom is -0.469 e. The van der Waals surface area contributed by atoms with Crippen molar-refractivity contribution in [1.82, 2.24) is 0 Å². The van der Waals surface area contributed by atoms with Gasteiger partial charge in [-0.15, -0.1) is 0 Å². The summed E-state index contributed by atoms with van der Waals surface area (Å²) in [7, 11) is 1.21. The van der Waals surface area contributed by atoms with Gasteiger partial charge in [-0.25, -0.2) is 0 Å². The Labute approximate surface area is 120 Å². The van der Waals surface area contributed by atoms with Crippen LogP contribution < -0.4 is 5.73 Å². The van der Waals surface area contributed by atoms with Crippen LogP contribution in [0.15, 0.2) is 18.2 Å². The average Bonchev–Trinajstić information content (AvgIpc) is 2.36. The van der Waals surface area contributed by atoms with Gasteiger partial charge in [-0.3, -0.25) is 14.9 Å². The van der Waals surface area contributed by atoms with E-state index in [0.717, 1.165) is 0 Å². The molecule has 110 valence electrons. The van der Waals surface area contributed by atoms with E-state index < -0.39 is 23.0 Å². The van der Waals surface area contributed by atoms with Gasteiger partial charge in [0.25, 0.3) is 5.69 Å². The molecule has 0 aliphatic heterocycles. The third-order valence-corrected chi connectivity index (χ3v) is 3.03. The number of aliphatic hydroxyl groups excluding tert-OH is 1. The van der Waals surface area contributed by atoms with E-state index in [0.29, 0.717) is 5.02 Å². The van der Waals surface area contributed by atoms with Crippen molar-refractivity contribution >= 4 is 23.3 Å². The zero-order valence-corrected chi connectivity index (χ0v) is 11.5. The molecular formula is C12H15ClN2O5. The number of hydrogen-bond donors (Lipinski definition) is 2. The first-order chi connectivity index (χ1) is 9.35. The molecule has 0 aliphatic carbocycles. The Morgan fingerprint density at radius 1 is 1.60 bits per heavy atom. The molecule has 8 heteroatoms. The number of nitro groups is 1. The van der Waals surface area contributed by atoms with E-state index >= 15 is 0 Å². The second-order valence-electron chi connectivity index (χ2n) is 4.24. The maximum atomic E-state index is 11.4. The molecule has 0 saturated heterocycles. The molecule has 7 nitrogen and oxygen atoms in total. The number of ether oxygens (including phenoxy) is 1. The van der Waals surface area contributed by atoms with E-state index in [9.17, 15) is 20.0 Å². The van der Waals surface area contributed by atoms with Crippen molar-refractivity contribution in [1.29, 1.82) is 0 Å². The van der Waals surface area contributed by atoms with E-state index in [4.69, 9.17) is 17.3 Å². The van der Waals surface area contributed by atoms with Crippen LogP contribution in [0, 0.1) is 10.1 Å². The molecule has 1 rings (SSSR count). The van der Waals surface area contributed by atoms with Crippen LogP contribution in [0.25, 0.3) is 0 Å². The van der Waals surface area contributed by atoms with Crippen molar-refractivity contribution in [3.63, 3.8) is 0 Å². The van der Waals surface area contributed by atoms with Crippen LogP contribution in [0.3, 0.4) is 0 Å². The molecule has 0 saturated carbocycles. The lowest BCUT2D eigenvalue weighted by Gasteiger charge is -2.18. The molecule has 20 heavy (non-hydrogen) atoms. The predicted octanol–water partition coefficient (Wildman–Crippen LogP) is 1.56. The summed E-state index contributed by atoms with van der Waals surface area (Å²) >= 11 is 5.84. The largest absolute Gasteiger partial charge is 0.469 e. The third kappa shape index (κ3) is 4.44. The Hall–Kier alpha value is -1.70. The maximum absolute atomic E-state index is 11.4. The molecule has 2 unspecified atom stereocenters. The number of carbonyl (C=O) groups excluding carboxylic acids is 1. The first-order valence-electron chi connectivity index (χ1n) is 5.79. The average molecular weight is 303 g/mol. The van der Waals surface area contributed by atoms with Crippen LogP contribution in [0.5, 0.6) is 0 Å². The lowest BCUT2D eigenvalue weighted by atomic mass is 9.90. The third-order valence-electron chi connectivity index (χ3n) is 2.79. The molecule has 0 aromatic heterocycles. The topological polar surface area (TPSA) is 116 Å². The summed E-state index contributed by atoms with van der Waals surface area (Å²) in [5.74, 6) is -1.20. The summed E-state index contributed by atoms with van der Waals surface area (Å²) in [4.78, 5) is 21.9. The van der Waals surface area contributed by atoms with Gasteiger partial charge >= 0.3 is 5.97 Å². The number of hydrogen-bond acceptors (Lipinski definition) is 6. The number of rotatable bonds is 6. The summed E-state index contributed by atoms with van der Waals surface area (Å²) in [6.45, 7) is 0. The summed E-state index contributed by atoms with van der Waals surface area (Å²) in [6, 6.07) is 4.04. The van der Waals surface area contributed by atoms with Gasteiger partial charge in [0.05, 0.1) is 18.5 Å². The molecule has 0 bridgehead atoms. The van der Waals surface area contributed by atoms with E-state index in [-0.39, 0.29) is 24.1 Å². The van der Waals surface area contributed by atoms with Crippen molar-refractivity contribution in [2.24, 2.45) is 5.73 Å². The standard InChI is InChI=1S/C12H15ClN2O5/c1-20-12(17)5-7(4-11(14)16)9-6-8(13)2-3-10(9)15(18)19/h2-3,6-7,11,16H,4-5,14H2,1H3. The number of carbonyl (C=O) groups is 1. The normalized spacial score (nSPS) is 13.6. The first-order valence-corrected chi connectivity index (χ1v) is 6.17. The van der Waals surface area contributed by atoms with Crippen LogP contribution in [-0.4, -0.2) is 29.3 Å². The van der Waals surface area contributed by atoms with Gasteiger partial charge in [0.1, 0.15) is 6.23 Å². The Morgan fingerprint density at radius 2 is 2.25 bits per heavy atom. The number of aliphatic hydroxyl groups is 1. The second-order valence-corrected chi connectivity index (χ2v) is 4.68. The Morgan fingerprint density at radius 3 is 2.75 bits per heavy atom. The number of methoxy groups -OCH3 is 1. The Bertz CT molecular complexity index is 507. The zero-order chi connectivity index (χ0) is 15.3. The number of nitrogens with zero attached hydrogens (tertiary/aromatic N) is 1. The molecule has 0 aliphatic rings. The highest BCUT2D eigenvalue weighted by molar-refractivity contribution is 6.30. The molecule has 0 radical (unpaired) electrons. The highest BCUT2D eigenvalue weighted by Crippen LogP contribution is 2.34. The highest BCUT2D eigenvalue weighted by Gasteiger charge is 2.26. The minimum atomic E-state index is -1.21. The first kappa shape index (κ1) is 16.4. The van der Waals surface area contributed by atoms with E-state index in [1.165, 1.54) is 25.3 Å². The lowest BCUT2D eigenvalue weighted by Crippen LogP contribution is -2.24. The van der Waals surface area contributed by atoms with Gasteiger partial charge in [-0.1, -0.05) is 11.6 Å².